The molecule has 4 heteroatoms. The van der Waals surface area contributed by atoms with Gasteiger partial charge in [0.15, 0.2) is 5.89 Å². The Morgan fingerprint density at radius 3 is 2.75 bits per heavy atom. The van der Waals surface area contributed by atoms with Gasteiger partial charge >= 0.3 is 0 Å². The zero-order chi connectivity index (χ0) is 11.7. The van der Waals surface area contributed by atoms with Crippen LogP contribution in [0.1, 0.15) is 32.4 Å². The SMILES string of the molecule is CCc1nc2cc(N)c(CC(C)C)nc2o1. The molecule has 16 heavy (non-hydrogen) atoms. The first-order valence-electron chi connectivity index (χ1n) is 5.65. The summed E-state index contributed by atoms with van der Waals surface area (Å²) >= 11 is 0. The zero-order valence-electron chi connectivity index (χ0n) is 9.95. The Balaban J connectivity index is 2.47. The molecule has 0 aromatic carbocycles. The topological polar surface area (TPSA) is 64.9 Å². The van der Waals surface area contributed by atoms with E-state index < -0.39 is 0 Å². The summed E-state index contributed by atoms with van der Waals surface area (Å²) in [5.74, 6) is 1.24. The molecular weight excluding hydrogens is 202 g/mol. The first kappa shape index (κ1) is 10.9. The van der Waals surface area contributed by atoms with Gasteiger partial charge in [-0.15, -0.1) is 0 Å². The monoisotopic (exact) mass is 219 g/mol. The van der Waals surface area contributed by atoms with Crippen molar-refractivity contribution in [2.45, 2.75) is 33.6 Å². The molecule has 0 bridgehead atoms. The third kappa shape index (κ3) is 2.01. The van der Waals surface area contributed by atoms with E-state index in [0.717, 1.165) is 24.1 Å². The number of pyridine rings is 1. The molecule has 2 heterocycles. The van der Waals surface area contributed by atoms with E-state index in [9.17, 15) is 0 Å². The molecule has 0 spiro atoms. The van der Waals surface area contributed by atoms with Gasteiger partial charge in [-0.2, -0.15) is 0 Å². The maximum absolute atomic E-state index is 5.94. The van der Waals surface area contributed by atoms with Gasteiger partial charge in [0.25, 0.3) is 0 Å². The number of hydrogen-bond acceptors (Lipinski definition) is 4. The van der Waals surface area contributed by atoms with E-state index in [1.165, 1.54) is 0 Å². The van der Waals surface area contributed by atoms with Gasteiger partial charge in [0.2, 0.25) is 5.71 Å². The molecule has 0 aliphatic rings. The van der Waals surface area contributed by atoms with Crippen LogP contribution in [0, 0.1) is 5.92 Å². The first-order chi connectivity index (χ1) is 7.60. The second-order valence-corrected chi connectivity index (χ2v) is 4.41. The van der Waals surface area contributed by atoms with Crippen molar-refractivity contribution in [3.05, 3.63) is 17.7 Å². The quantitative estimate of drug-likeness (QED) is 0.861. The zero-order valence-corrected chi connectivity index (χ0v) is 9.95. The number of nitrogens with two attached hydrogens (primary N) is 1. The van der Waals surface area contributed by atoms with E-state index in [1.807, 2.05) is 13.0 Å². The number of nitrogens with zero attached hydrogens (tertiary/aromatic N) is 2. The van der Waals surface area contributed by atoms with Crippen LogP contribution in [0.3, 0.4) is 0 Å². The van der Waals surface area contributed by atoms with Crippen molar-refractivity contribution in [1.29, 1.82) is 0 Å². The number of anilines is 1. The molecule has 0 radical (unpaired) electrons. The number of aryl methyl sites for hydroxylation is 1. The molecule has 2 rings (SSSR count). The van der Waals surface area contributed by atoms with Crippen molar-refractivity contribution in [3.8, 4) is 0 Å². The van der Waals surface area contributed by atoms with Crippen molar-refractivity contribution in [2.75, 3.05) is 5.73 Å². The summed E-state index contributed by atoms with van der Waals surface area (Å²) in [5.41, 5.74) is 8.90. The summed E-state index contributed by atoms with van der Waals surface area (Å²) < 4.78 is 5.52. The van der Waals surface area contributed by atoms with Crippen LogP contribution >= 0.6 is 0 Å². The normalized spacial score (nSPS) is 11.5. The summed E-state index contributed by atoms with van der Waals surface area (Å²) in [5, 5.41) is 0. The Bertz CT molecular complexity index is 502. The highest BCUT2D eigenvalue weighted by molar-refractivity contribution is 5.73. The third-order valence-corrected chi connectivity index (χ3v) is 2.44. The third-order valence-electron chi connectivity index (χ3n) is 2.44. The van der Waals surface area contributed by atoms with E-state index in [1.54, 1.807) is 0 Å². The Morgan fingerprint density at radius 2 is 2.12 bits per heavy atom. The van der Waals surface area contributed by atoms with Crippen molar-refractivity contribution >= 4 is 16.9 Å². The van der Waals surface area contributed by atoms with Crippen LogP contribution < -0.4 is 5.73 Å². The van der Waals surface area contributed by atoms with Crippen molar-refractivity contribution in [3.63, 3.8) is 0 Å². The van der Waals surface area contributed by atoms with Gasteiger partial charge in [-0.1, -0.05) is 20.8 Å². The molecule has 0 fully saturated rings. The molecular formula is C12H17N3O. The number of hydrogen-bond donors (Lipinski definition) is 1. The van der Waals surface area contributed by atoms with E-state index in [2.05, 4.69) is 23.8 Å². The molecule has 86 valence electrons. The van der Waals surface area contributed by atoms with Gasteiger partial charge in [-0.05, 0) is 18.4 Å². The lowest BCUT2D eigenvalue weighted by molar-refractivity contribution is 0.527. The Labute approximate surface area is 94.9 Å². The van der Waals surface area contributed by atoms with E-state index in [4.69, 9.17) is 10.2 Å². The Kier molecular flexibility index (Phi) is 2.81. The molecule has 0 aliphatic heterocycles. The summed E-state index contributed by atoms with van der Waals surface area (Å²) in [6.07, 6.45) is 1.64. The molecule has 0 unspecified atom stereocenters. The van der Waals surface area contributed by atoms with Crippen LogP contribution in [0.4, 0.5) is 5.69 Å². The van der Waals surface area contributed by atoms with E-state index in [0.29, 0.717) is 23.2 Å². The lowest BCUT2D eigenvalue weighted by atomic mass is 10.1. The van der Waals surface area contributed by atoms with Crippen LogP contribution in [-0.4, -0.2) is 9.97 Å². The summed E-state index contributed by atoms with van der Waals surface area (Å²) in [6.45, 7) is 6.29. The molecule has 0 amide bonds. The predicted molar refractivity (Wildman–Crippen MR) is 64.1 cm³/mol. The predicted octanol–water partition coefficient (Wildman–Crippen LogP) is 2.57. The van der Waals surface area contributed by atoms with Crippen molar-refractivity contribution < 1.29 is 4.42 Å². The molecule has 0 atom stereocenters. The smallest absolute Gasteiger partial charge is 0.247 e. The number of nitrogen functional groups attached to an aromatic ring is 1. The van der Waals surface area contributed by atoms with Crippen LogP contribution in [0.5, 0.6) is 0 Å². The molecule has 2 N–H and O–H groups in total. The average molecular weight is 219 g/mol. The standard InChI is InChI=1S/C12H17N3O/c1-4-11-14-10-6-8(13)9(5-7(2)3)15-12(10)16-11/h6-7H,4-5,13H2,1-3H3. The second-order valence-electron chi connectivity index (χ2n) is 4.41. The highest BCUT2D eigenvalue weighted by Gasteiger charge is 2.11. The molecule has 2 aromatic rings. The minimum absolute atomic E-state index is 0.529. The minimum Gasteiger partial charge on any atom is -0.422 e. The Hall–Kier alpha value is -1.58. The Morgan fingerprint density at radius 1 is 1.38 bits per heavy atom. The van der Waals surface area contributed by atoms with E-state index in [-0.39, 0.29) is 0 Å². The van der Waals surface area contributed by atoms with E-state index >= 15 is 0 Å². The molecule has 0 aliphatic carbocycles. The average Bonchev–Trinajstić information content (AvgIpc) is 2.59. The van der Waals surface area contributed by atoms with Crippen molar-refractivity contribution in [2.24, 2.45) is 5.92 Å². The fraction of sp³-hybridized carbons (Fsp3) is 0.500. The van der Waals surface area contributed by atoms with Crippen LogP contribution in [0.15, 0.2) is 10.5 Å². The minimum atomic E-state index is 0.529. The lowest BCUT2D eigenvalue weighted by Gasteiger charge is -2.06. The van der Waals surface area contributed by atoms with Gasteiger partial charge in [-0.3, -0.25) is 0 Å². The van der Waals surface area contributed by atoms with Crippen LogP contribution in [-0.2, 0) is 12.8 Å². The highest BCUT2D eigenvalue weighted by atomic mass is 16.4. The summed E-state index contributed by atoms with van der Waals surface area (Å²) in [7, 11) is 0. The molecule has 2 aromatic heterocycles. The van der Waals surface area contributed by atoms with Crippen molar-refractivity contribution in [1.82, 2.24) is 9.97 Å². The fourth-order valence-electron chi connectivity index (χ4n) is 1.66. The number of aromatic nitrogens is 2. The number of fused-ring (bicyclic) bond motifs is 1. The van der Waals surface area contributed by atoms with Crippen LogP contribution in [0.2, 0.25) is 0 Å². The summed E-state index contributed by atoms with van der Waals surface area (Å²) in [6, 6.07) is 1.85. The van der Waals surface area contributed by atoms with Gasteiger partial charge in [-0.25, -0.2) is 9.97 Å². The lowest BCUT2D eigenvalue weighted by Crippen LogP contribution is -2.02. The van der Waals surface area contributed by atoms with Gasteiger partial charge < -0.3 is 10.2 Å². The summed E-state index contributed by atoms with van der Waals surface area (Å²) in [4.78, 5) is 8.73. The molecule has 0 saturated carbocycles. The number of rotatable bonds is 3. The fourth-order valence-corrected chi connectivity index (χ4v) is 1.66. The molecule has 0 saturated heterocycles. The van der Waals surface area contributed by atoms with Crippen LogP contribution in [0.25, 0.3) is 11.2 Å². The first-order valence-corrected chi connectivity index (χ1v) is 5.65. The largest absolute Gasteiger partial charge is 0.422 e. The molecule has 4 nitrogen and oxygen atoms in total. The highest BCUT2D eigenvalue weighted by Crippen LogP contribution is 2.21. The number of oxazole rings is 1. The van der Waals surface area contributed by atoms with Gasteiger partial charge in [0.05, 0.1) is 11.4 Å². The maximum atomic E-state index is 5.94. The maximum Gasteiger partial charge on any atom is 0.247 e. The second kappa shape index (κ2) is 4.12. The van der Waals surface area contributed by atoms with Gasteiger partial charge in [0, 0.05) is 6.42 Å². The van der Waals surface area contributed by atoms with Gasteiger partial charge in [0.1, 0.15) is 5.52 Å².